The molecule has 1 fully saturated rings. The summed E-state index contributed by atoms with van der Waals surface area (Å²) in [6.45, 7) is 6.67. The number of anilines is 1. The first-order chi connectivity index (χ1) is 7.74. The zero-order valence-electron chi connectivity index (χ0n) is 10.2. The van der Waals surface area contributed by atoms with Crippen molar-refractivity contribution in [2.75, 3.05) is 18.0 Å². The molecule has 1 aliphatic carbocycles. The van der Waals surface area contributed by atoms with Gasteiger partial charge in [-0.1, -0.05) is 6.07 Å². The summed E-state index contributed by atoms with van der Waals surface area (Å²) in [5.74, 6) is 0.915. The van der Waals surface area contributed by atoms with Gasteiger partial charge < -0.3 is 10.0 Å². The third kappa shape index (κ3) is 2.56. The third-order valence-corrected chi connectivity index (χ3v) is 3.42. The third-order valence-electron chi connectivity index (χ3n) is 3.42. The number of hydrogen-bond acceptors (Lipinski definition) is 2. The average Bonchev–Trinajstić information content (AvgIpc) is 3.09. The van der Waals surface area contributed by atoms with E-state index in [9.17, 15) is 0 Å². The molecule has 1 N–H and O–H groups in total. The fraction of sp³-hybridized carbons (Fsp3) is 0.571. The number of nitrogens with zero attached hydrogens (tertiary/aromatic N) is 1. The second-order valence-electron chi connectivity index (χ2n) is 4.75. The van der Waals surface area contributed by atoms with Crippen molar-refractivity contribution < 1.29 is 5.11 Å². The lowest BCUT2D eigenvalue weighted by Crippen LogP contribution is -2.25. The molecule has 1 aromatic rings. The van der Waals surface area contributed by atoms with Crippen LogP contribution in [0, 0.1) is 12.8 Å². The molecular formula is C14H21NO. The average molecular weight is 219 g/mol. The summed E-state index contributed by atoms with van der Waals surface area (Å²) in [6.07, 6.45) is 2.79. The molecule has 0 saturated heterocycles. The fourth-order valence-electron chi connectivity index (χ4n) is 2.08. The van der Waals surface area contributed by atoms with Crippen LogP contribution in [0.4, 0.5) is 5.69 Å². The highest BCUT2D eigenvalue weighted by Crippen LogP contribution is 2.31. The zero-order chi connectivity index (χ0) is 11.5. The van der Waals surface area contributed by atoms with Gasteiger partial charge in [0.05, 0.1) is 6.61 Å². The molecule has 1 saturated carbocycles. The van der Waals surface area contributed by atoms with Crippen molar-refractivity contribution >= 4 is 5.69 Å². The van der Waals surface area contributed by atoms with Crippen molar-refractivity contribution in [1.29, 1.82) is 0 Å². The fourth-order valence-corrected chi connectivity index (χ4v) is 2.08. The van der Waals surface area contributed by atoms with E-state index in [-0.39, 0.29) is 6.61 Å². The van der Waals surface area contributed by atoms with Gasteiger partial charge in [0, 0.05) is 18.8 Å². The zero-order valence-corrected chi connectivity index (χ0v) is 10.2. The summed E-state index contributed by atoms with van der Waals surface area (Å²) in [7, 11) is 0. The van der Waals surface area contributed by atoms with Crippen LogP contribution in [0.3, 0.4) is 0 Å². The Labute approximate surface area is 97.9 Å². The Bertz CT molecular complexity index is 358. The molecule has 0 atom stereocenters. The van der Waals surface area contributed by atoms with E-state index >= 15 is 0 Å². The number of aliphatic hydroxyl groups is 1. The molecule has 0 unspecified atom stereocenters. The molecule has 0 amide bonds. The van der Waals surface area contributed by atoms with Gasteiger partial charge in [0.1, 0.15) is 0 Å². The maximum atomic E-state index is 9.15. The highest BCUT2D eigenvalue weighted by molar-refractivity contribution is 5.50. The van der Waals surface area contributed by atoms with E-state index in [1.807, 2.05) is 6.07 Å². The predicted octanol–water partition coefficient (Wildman–Crippen LogP) is 2.72. The Morgan fingerprint density at radius 3 is 2.62 bits per heavy atom. The highest BCUT2D eigenvalue weighted by Gasteiger charge is 2.23. The minimum absolute atomic E-state index is 0.140. The van der Waals surface area contributed by atoms with Crippen molar-refractivity contribution in [3.8, 4) is 0 Å². The molecule has 16 heavy (non-hydrogen) atoms. The predicted molar refractivity (Wildman–Crippen MR) is 67.7 cm³/mol. The van der Waals surface area contributed by atoms with Crippen LogP contribution in [-0.2, 0) is 6.61 Å². The van der Waals surface area contributed by atoms with Gasteiger partial charge in [-0.05, 0) is 55.9 Å². The van der Waals surface area contributed by atoms with Crippen LogP contribution in [0.25, 0.3) is 0 Å². The van der Waals surface area contributed by atoms with Gasteiger partial charge in [-0.25, -0.2) is 0 Å². The lowest BCUT2D eigenvalue weighted by Gasteiger charge is -2.24. The molecule has 0 spiro atoms. The van der Waals surface area contributed by atoms with E-state index < -0.39 is 0 Å². The summed E-state index contributed by atoms with van der Waals surface area (Å²) in [4.78, 5) is 2.44. The molecule has 1 aromatic carbocycles. The largest absolute Gasteiger partial charge is 0.392 e. The second-order valence-corrected chi connectivity index (χ2v) is 4.75. The smallest absolute Gasteiger partial charge is 0.0684 e. The molecule has 0 radical (unpaired) electrons. The molecule has 2 heteroatoms. The van der Waals surface area contributed by atoms with Gasteiger partial charge in [-0.15, -0.1) is 0 Å². The van der Waals surface area contributed by atoms with Crippen LogP contribution in [0.2, 0.25) is 0 Å². The van der Waals surface area contributed by atoms with Crippen molar-refractivity contribution in [3.63, 3.8) is 0 Å². The van der Waals surface area contributed by atoms with Crippen molar-refractivity contribution in [2.45, 2.75) is 33.3 Å². The summed E-state index contributed by atoms with van der Waals surface area (Å²) < 4.78 is 0. The lowest BCUT2D eigenvalue weighted by atomic mass is 10.1. The first-order valence-electron chi connectivity index (χ1n) is 6.20. The molecule has 2 rings (SSSR count). The van der Waals surface area contributed by atoms with Crippen molar-refractivity contribution in [2.24, 2.45) is 5.92 Å². The maximum absolute atomic E-state index is 9.15. The van der Waals surface area contributed by atoms with E-state index in [1.165, 1.54) is 30.6 Å². The topological polar surface area (TPSA) is 23.5 Å². The molecule has 1 aliphatic rings. The molecule has 0 bridgehead atoms. The molecule has 88 valence electrons. The minimum atomic E-state index is 0.140. The lowest BCUT2D eigenvalue weighted by molar-refractivity contribution is 0.281. The van der Waals surface area contributed by atoms with E-state index in [4.69, 9.17) is 5.11 Å². The minimum Gasteiger partial charge on any atom is -0.392 e. The molecule has 0 aliphatic heterocycles. The SMILES string of the molecule is CCN(CC1CC1)c1ccc(CO)c(C)c1. The van der Waals surface area contributed by atoms with Crippen LogP contribution in [0.1, 0.15) is 30.9 Å². The van der Waals surface area contributed by atoms with E-state index in [0.29, 0.717) is 0 Å². The summed E-state index contributed by atoms with van der Waals surface area (Å²) in [5, 5.41) is 9.15. The van der Waals surface area contributed by atoms with Gasteiger partial charge in [0.25, 0.3) is 0 Å². The summed E-state index contributed by atoms with van der Waals surface area (Å²) in [6, 6.07) is 6.36. The van der Waals surface area contributed by atoms with Crippen LogP contribution in [0.15, 0.2) is 18.2 Å². The molecular weight excluding hydrogens is 198 g/mol. The first kappa shape index (κ1) is 11.5. The Kier molecular flexibility index (Phi) is 3.49. The van der Waals surface area contributed by atoms with Gasteiger partial charge in [0.15, 0.2) is 0 Å². The summed E-state index contributed by atoms with van der Waals surface area (Å²) >= 11 is 0. The Morgan fingerprint density at radius 2 is 2.12 bits per heavy atom. The Balaban J connectivity index is 2.13. The van der Waals surface area contributed by atoms with Crippen molar-refractivity contribution in [1.82, 2.24) is 0 Å². The van der Waals surface area contributed by atoms with Gasteiger partial charge in [0.2, 0.25) is 0 Å². The quantitative estimate of drug-likeness (QED) is 0.823. The van der Waals surface area contributed by atoms with E-state index in [1.54, 1.807) is 0 Å². The highest BCUT2D eigenvalue weighted by atomic mass is 16.3. The van der Waals surface area contributed by atoms with Gasteiger partial charge >= 0.3 is 0 Å². The number of aryl methyl sites for hydroxylation is 1. The van der Waals surface area contributed by atoms with E-state index in [2.05, 4.69) is 30.9 Å². The van der Waals surface area contributed by atoms with Crippen LogP contribution >= 0.6 is 0 Å². The number of hydrogen-bond donors (Lipinski definition) is 1. The van der Waals surface area contributed by atoms with Crippen molar-refractivity contribution in [3.05, 3.63) is 29.3 Å². The Hall–Kier alpha value is -1.02. The van der Waals surface area contributed by atoms with Crippen LogP contribution < -0.4 is 4.90 Å². The molecule has 0 aromatic heterocycles. The monoisotopic (exact) mass is 219 g/mol. The Morgan fingerprint density at radius 1 is 1.38 bits per heavy atom. The van der Waals surface area contributed by atoms with Crippen LogP contribution in [-0.4, -0.2) is 18.2 Å². The number of rotatable bonds is 5. The standard InChI is InChI=1S/C14H21NO/c1-3-15(9-12-4-5-12)14-7-6-13(10-16)11(2)8-14/h6-8,12,16H,3-5,9-10H2,1-2H3. The second kappa shape index (κ2) is 4.88. The maximum Gasteiger partial charge on any atom is 0.0684 e. The number of aliphatic hydroxyl groups excluding tert-OH is 1. The van der Waals surface area contributed by atoms with Gasteiger partial charge in [-0.2, -0.15) is 0 Å². The normalized spacial score (nSPS) is 15.2. The number of benzene rings is 1. The van der Waals surface area contributed by atoms with E-state index in [0.717, 1.165) is 18.0 Å². The molecule has 0 heterocycles. The van der Waals surface area contributed by atoms with Gasteiger partial charge in [-0.3, -0.25) is 0 Å². The first-order valence-corrected chi connectivity index (χ1v) is 6.20. The molecule has 2 nitrogen and oxygen atoms in total. The van der Waals surface area contributed by atoms with Crippen LogP contribution in [0.5, 0.6) is 0 Å². The summed E-state index contributed by atoms with van der Waals surface area (Å²) in [5.41, 5.74) is 3.52.